The molecule has 0 fully saturated rings. The largest absolute Gasteiger partial charge is 0.444 e. The van der Waals surface area contributed by atoms with Crippen molar-refractivity contribution in [1.82, 2.24) is 9.36 Å². The highest BCUT2D eigenvalue weighted by atomic mass is 79.9. The van der Waals surface area contributed by atoms with Crippen LogP contribution in [-0.2, 0) is 11.3 Å². The van der Waals surface area contributed by atoms with E-state index in [0.29, 0.717) is 11.0 Å². The van der Waals surface area contributed by atoms with Crippen LogP contribution in [0.25, 0.3) is 11.4 Å². The normalized spacial score (nSPS) is 10.3. The first kappa shape index (κ1) is 15.6. The van der Waals surface area contributed by atoms with Crippen LogP contribution in [0.5, 0.6) is 0 Å². The van der Waals surface area contributed by atoms with Crippen molar-refractivity contribution in [3.63, 3.8) is 0 Å². The summed E-state index contributed by atoms with van der Waals surface area (Å²) in [6, 6.07) is 17.1. The van der Waals surface area contributed by atoms with Crippen molar-refractivity contribution in [2.45, 2.75) is 6.61 Å². The molecule has 1 amide bonds. The van der Waals surface area contributed by atoms with Crippen molar-refractivity contribution in [3.05, 3.63) is 64.6 Å². The maximum absolute atomic E-state index is 11.8. The molecule has 0 bridgehead atoms. The minimum atomic E-state index is -0.549. The van der Waals surface area contributed by atoms with Gasteiger partial charge in [-0.1, -0.05) is 58.4 Å². The quantitative estimate of drug-likeness (QED) is 0.701. The number of amides is 1. The van der Waals surface area contributed by atoms with E-state index >= 15 is 0 Å². The molecule has 0 spiro atoms. The Morgan fingerprint density at radius 1 is 1.13 bits per heavy atom. The number of nitrogens with zero attached hydrogens (tertiary/aromatic N) is 2. The van der Waals surface area contributed by atoms with Gasteiger partial charge in [0, 0.05) is 21.6 Å². The molecule has 116 valence electrons. The molecule has 3 aromatic rings. The molecule has 23 heavy (non-hydrogen) atoms. The van der Waals surface area contributed by atoms with Crippen LogP contribution in [0, 0.1) is 0 Å². The highest BCUT2D eigenvalue weighted by Gasteiger charge is 2.10. The number of rotatable bonds is 4. The number of anilines is 1. The topological polar surface area (TPSA) is 64.1 Å². The van der Waals surface area contributed by atoms with Crippen molar-refractivity contribution in [2.24, 2.45) is 0 Å². The smallest absolute Gasteiger partial charge is 0.413 e. The van der Waals surface area contributed by atoms with E-state index in [9.17, 15) is 4.79 Å². The Labute approximate surface area is 145 Å². The highest BCUT2D eigenvalue weighted by Crippen LogP contribution is 2.22. The predicted molar refractivity (Wildman–Crippen MR) is 93.3 cm³/mol. The molecule has 2 aromatic carbocycles. The lowest BCUT2D eigenvalue weighted by molar-refractivity contribution is 0.155. The zero-order valence-electron chi connectivity index (χ0n) is 11.9. The molecule has 0 saturated heterocycles. The van der Waals surface area contributed by atoms with Gasteiger partial charge in [-0.3, -0.25) is 5.32 Å². The number of hydrogen-bond acceptors (Lipinski definition) is 5. The fourth-order valence-electron chi connectivity index (χ4n) is 1.84. The van der Waals surface area contributed by atoms with Crippen LogP contribution >= 0.6 is 27.5 Å². The zero-order chi connectivity index (χ0) is 16.1. The predicted octanol–water partition coefficient (Wildman–Crippen LogP) is 4.72. The number of carbonyl (C=O) groups is 1. The average Bonchev–Trinajstić information content (AvgIpc) is 3.03. The minimum Gasteiger partial charge on any atom is -0.444 e. The summed E-state index contributed by atoms with van der Waals surface area (Å²) in [6.07, 6.45) is -0.549. The van der Waals surface area contributed by atoms with Gasteiger partial charge >= 0.3 is 6.09 Å². The SMILES string of the molecule is O=C(Nc1nc(-c2ccc(Br)cc2)ns1)OCc1ccccc1. The van der Waals surface area contributed by atoms with E-state index in [-0.39, 0.29) is 6.61 Å². The van der Waals surface area contributed by atoms with E-state index in [0.717, 1.165) is 27.1 Å². The number of hydrogen-bond donors (Lipinski definition) is 1. The number of ether oxygens (including phenoxy) is 1. The second-order valence-corrected chi connectivity index (χ2v) is 6.28. The van der Waals surface area contributed by atoms with E-state index < -0.39 is 6.09 Å². The Morgan fingerprint density at radius 2 is 1.87 bits per heavy atom. The first-order valence-electron chi connectivity index (χ1n) is 6.78. The summed E-state index contributed by atoms with van der Waals surface area (Å²) in [7, 11) is 0. The average molecular weight is 390 g/mol. The van der Waals surface area contributed by atoms with Gasteiger partial charge in [0.25, 0.3) is 0 Å². The Morgan fingerprint density at radius 3 is 2.61 bits per heavy atom. The second-order valence-electron chi connectivity index (χ2n) is 4.62. The third kappa shape index (κ3) is 4.37. The third-order valence-electron chi connectivity index (χ3n) is 2.95. The first-order valence-corrected chi connectivity index (χ1v) is 8.35. The molecule has 0 unspecified atom stereocenters. The molecule has 0 aliphatic heterocycles. The van der Waals surface area contributed by atoms with Crippen LogP contribution in [-0.4, -0.2) is 15.5 Å². The molecule has 0 atom stereocenters. The second kappa shape index (κ2) is 7.34. The molecule has 0 saturated carbocycles. The summed E-state index contributed by atoms with van der Waals surface area (Å²) >= 11 is 4.49. The fraction of sp³-hybridized carbons (Fsp3) is 0.0625. The molecular weight excluding hydrogens is 378 g/mol. The highest BCUT2D eigenvalue weighted by molar-refractivity contribution is 9.10. The maximum atomic E-state index is 11.8. The molecular formula is C16H12BrN3O2S. The molecule has 3 rings (SSSR count). The lowest BCUT2D eigenvalue weighted by Gasteiger charge is -2.04. The summed E-state index contributed by atoms with van der Waals surface area (Å²) in [4.78, 5) is 16.1. The van der Waals surface area contributed by atoms with Crippen LogP contribution < -0.4 is 5.32 Å². The fourth-order valence-corrected chi connectivity index (χ4v) is 2.68. The van der Waals surface area contributed by atoms with Crippen molar-refractivity contribution in [2.75, 3.05) is 5.32 Å². The van der Waals surface area contributed by atoms with E-state index in [1.807, 2.05) is 54.6 Å². The van der Waals surface area contributed by atoms with Gasteiger partial charge in [-0.25, -0.2) is 4.79 Å². The minimum absolute atomic E-state index is 0.213. The summed E-state index contributed by atoms with van der Waals surface area (Å²) in [5, 5.41) is 2.99. The van der Waals surface area contributed by atoms with Gasteiger partial charge in [0.05, 0.1) is 0 Å². The third-order valence-corrected chi connectivity index (χ3v) is 4.11. The monoisotopic (exact) mass is 389 g/mol. The summed E-state index contributed by atoms with van der Waals surface area (Å²) in [5.41, 5.74) is 1.81. The molecule has 1 N–H and O–H groups in total. The van der Waals surface area contributed by atoms with Crippen LogP contribution in [0.2, 0.25) is 0 Å². The van der Waals surface area contributed by atoms with Crippen molar-refractivity contribution in [3.8, 4) is 11.4 Å². The Kier molecular flexibility index (Phi) is 4.99. The van der Waals surface area contributed by atoms with Crippen LogP contribution in [0.1, 0.15) is 5.56 Å². The molecule has 7 heteroatoms. The van der Waals surface area contributed by atoms with Gasteiger partial charge in [0.15, 0.2) is 5.82 Å². The Balaban J connectivity index is 1.58. The molecule has 5 nitrogen and oxygen atoms in total. The van der Waals surface area contributed by atoms with Gasteiger partial charge in [-0.05, 0) is 17.7 Å². The molecule has 1 aromatic heterocycles. The van der Waals surface area contributed by atoms with Crippen molar-refractivity contribution in [1.29, 1.82) is 0 Å². The van der Waals surface area contributed by atoms with E-state index in [1.54, 1.807) is 0 Å². The van der Waals surface area contributed by atoms with Crippen molar-refractivity contribution < 1.29 is 9.53 Å². The standard InChI is InChI=1S/C16H12BrN3O2S/c17-13-8-6-12(7-9-13)14-18-15(23-20-14)19-16(21)22-10-11-4-2-1-3-5-11/h1-9H,10H2,(H,18,19,20,21). The lowest BCUT2D eigenvalue weighted by Crippen LogP contribution is -2.13. The number of aromatic nitrogens is 2. The summed E-state index contributed by atoms with van der Waals surface area (Å²) in [6.45, 7) is 0.213. The summed E-state index contributed by atoms with van der Waals surface area (Å²) < 4.78 is 10.4. The van der Waals surface area contributed by atoms with Gasteiger partial charge in [-0.15, -0.1) is 0 Å². The Hall–Kier alpha value is -2.25. The molecule has 0 aliphatic carbocycles. The summed E-state index contributed by atoms with van der Waals surface area (Å²) in [5.74, 6) is 0.570. The number of benzene rings is 2. The Bertz CT molecular complexity index is 791. The van der Waals surface area contributed by atoms with Crippen LogP contribution in [0.4, 0.5) is 9.93 Å². The van der Waals surface area contributed by atoms with Gasteiger partial charge in [0.1, 0.15) is 6.61 Å². The van der Waals surface area contributed by atoms with E-state index in [2.05, 4.69) is 30.6 Å². The van der Waals surface area contributed by atoms with E-state index in [4.69, 9.17) is 4.74 Å². The van der Waals surface area contributed by atoms with Gasteiger partial charge in [-0.2, -0.15) is 9.36 Å². The van der Waals surface area contributed by atoms with Gasteiger partial charge in [0.2, 0.25) is 5.13 Å². The molecule has 0 radical (unpaired) electrons. The van der Waals surface area contributed by atoms with E-state index in [1.165, 1.54) is 0 Å². The zero-order valence-corrected chi connectivity index (χ0v) is 14.3. The lowest BCUT2D eigenvalue weighted by atomic mass is 10.2. The number of nitrogens with one attached hydrogen (secondary N) is 1. The molecule has 1 heterocycles. The number of halogens is 1. The number of carbonyl (C=O) groups excluding carboxylic acids is 1. The maximum Gasteiger partial charge on any atom is 0.413 e. The van der Waals surface area contributed by atoms with Gasteiger partial charge < -0.3 is 4.74 Å². The van der Waals surface area contributed by atoms with Crippen LogP contribution in [0.3, 0.4) is 0 Å². The van der Waals surface area contributed by atoms with Crippen LogP contribution in [0.15, 0.2) is 59.1 Å². The van der Waals surface area contributed by atoms with Crippen molar-refractivity contribution >= 4 is 38.7 Å². The first-order chi connectivity index (χ1) is 11.2. The molecule has 0 aliphatic rings.